The second kappa shape index (κ2) is 22.4. The zero-order chi connectivity index (χ0) is 19.1. The van der Waals surface area contributed by atoms with Crippen LogP contribution in [0.5, 0.6) is 0 Å². The molecule has 0 aliphatic heterocycles. The van der Waals surface area contributed by atoms with E-state index in [0.29, 0.717) is 52.7 Å². The molecule has 156 valence electrons. The van der Waals surface area contributed by atoms with E-state index in [1.807, 2.05) is 0 Å². The maximum Gasteiger partial charge on any atom is 0.305 e. The van der Waals surface area contributed by atoms with Gasteiger partial charge in [-0.2, -0.15) is 0 Å². The van der Waals surface area contributed by atoms with Crippen LogP contribution in [-0.2, 0) is 23.7 Å². The molecule has 0 fully saturated rings. The smallest absolute Gasteiger partial charge is 0.305 e. The third kappa shape index (κ3) is 21.4. The number of carbonyl (C=O) groups is 1. The molecule has 6 nitrogen and oxygen atoms in total. The fraction of sp³-hybridized carbons (Fsp3) is 0.950. The lowest BCUT2D eigenvalue weighted by Crippen LogP contribution is -2.14. The molecule has 0 aliphatic carbocycles. The van der Waals surface area contributed by atoms with Crippen LogP contribution in [-0.4, -0.2) is 63.9 Å². The second-order valence-electron chi connectivity index (χ2n) is 6.36. The van der Waals surface area contributed by atoms with Crippen LogP contribution in [0.1, 0.15) is 71.1 Å². The highest BCUT2D eigenvalue weighted by molar-refractivity contribution is 5.69. The molecule has 0 aromatic rings. The van der Waals surface area contributed by atoms with E-state index in [1.165, 1.54) is 44.9 Å². The minimum atomic E-state index is -0.131. The number of carbonyl (C=O) groups excluding carboxylic acids is 1. The van der Waals surface area contributed by atoms with Gasteiger partial charge in [0.2, 0.25) is 0 Å². The fourth-order valence-electron chi connectivity index (χ4n) is 2.47. The first-order chi connectivity index (χ1) is 12.8. The number of hydrogen-bond acceptors (Lipinski definition) is 6. The van der Waals surface area contributed by atoms with Crippen molar-refractivity contribution in [2.75, 3.05) is 52.9 Å². The Labute approximate surface area is 159 Å². The number of unbranched alkanes of at least 4 members (excludes halogenated alkanes) is 8. The zero-order valence-electron chi connectivity index (χ0n) is 16.7. The number of aliphatic hydroxyl groups excluding tert-OH is 1. The van der Waals surface area contributed by atoms with Crippen LogP contribution in [0, 0.1) is 0 Å². The molecule has 0 unspecified atom stereocenters. The Morgan fingerprint density at radius 3 is 1.65 bits per heavy atom. The SMILES string of the molecule is CCCCCCCCCCCC(=O)OCCOCCOCCOCCO. The molecule has 26 heavy (non-hydrogen) atoms. The highest BCUT2D eigenvalue weighted by Crippen LogP contribution is 2.10. The monoisotopic (exact) mass is 376 g/mol. The molecule has 0 bridgehead atoms. The first kappa shape index (κ1) is 25.3. The van der Waals surface area contributed by atoms with Gasteiger partial charge in [-0.05, 0) is 6.42 Å². The molecule has 0 rings (SSSR count). The second-order valence-corrected chi connectivity index (χ2v) is 6.36. The van der Waals surface area contributed by atoms with Crippen molar-refractivity contribution >= 4 is 5.97 Å². The van der Waals surface area contributed by atoms with Crippen molar-refractivity contribution in [2.45, 2.75) is 71.1 Å². The van der Waals surface area contributed by atoms with Gasteiger partial charge in [0.1, 0.15) is 6.61 Å². The molecule has 0 atom stereocenters. The Kier molecular flexibility index (Phi) is 21.8. The lowest BCUT2D eigenvalue weighted by molar-refractivity contribution is -0.145. The Balaban J connectivity index is 3.13. The Bertz CT molecular complexity index is 285. The van der Waals surface area contributed by atoms with Crippen molar-refractivity contribution in [1.29, 1.82) is 0 Å². The van der Waals surface area contributed by atoms with Gasteiger partial charge in [-0.1, -0.05) is 58.3 Å². The Morgan fingerprint density at radius 2 is 1.12 bits per heavy atom. The normalized spacial score (nSPS) is 11.0. The van der Waals surface area contributed by atoms with Crippen LogP contribution in [0.2, 0.25) is 0 Å². The quantitative estimate of drug-likeness (QED) is 0.244. The fourth-order valence-corrected chi connectivity index (χ4v) is 2.47. The van der Waals surface area contributed by atoms with Crippen LogP contribution >= 0.6 is 0 Å². The van der Waals surface area contributed by atoms with Crippen LogP contribution in [0.15, 0.2) is 0 Å². The number of esters is 1. The van der Waals surface area contributed by atoms with Crippen molar-refractivity contribution in [2.24, 2.45) is 0 Å². The summed E-state index contributed by atoms with van der Waals surface area (Å²) < 4.78 is 20.8. The Hall–Kier alpha value is -0.690. The highest BCUT2D eigenvalue weighted by Gasteiger charge is 2.02. The van der Waals surface area contributed by atoms with E-state index < -0.39 is 0 Å². The van der Waals surface area contributed by atoms with Gasteiger partial charge in [-0.15, -0.1) is 0 Å². The number of aliphatic hydroxyl groups is 1. The van der Waals surface area contributed by atoms with Crippen molar-refractivity contribution in [3.8, 4) is 0 Å². The van der Waals surface area contributed by atoms with E-state index >= 15 is 0 Å². The molecule has 0 aliphatic rings. The van der Waals surface area contributed by atoms with Gasteiger partial charge in [0.25, 0.3) is 0 Å². The van der Waals surface area contributed by atoms with Crippen LogP contribution < -0.4 is 0 Å². The Morgan fingerprint density at radius 1 is 0.654 bits per heavy atom. The summed E-state index contributed by atoms with van der Waals surface area (Å²) in [6, 6.07) is 0. The standard InChI is InChI=1S/C20H40O6/c1-2-3-4-5-6-7-8-9-10-11-20(22)26-19-18-25-17-16-24-15-14-23-13-12-21/h21H,2-19H2,1H3. The molecular weight excluding hydrogens is 336 g/mol. The van der Waals surface area contributed by atoms with Crippen LogP contribution in [0.25, 0.3) is 0 Å². The van der Waals surface area contributed by atoms with Crippen molar-refractivity contribution in [3.63, 3.8) is 0 Å². The summed E-state index contributed by atoms with van der Waals surface area (Å²) in [5.41, 5.74) is 0. The van der Waals surface area contributed by atoms with Crippen LogP contribution in [0.3, 0.4) is 0 Å². The molecule has 6 heteroatoms. The summed E-state index contributed by atoms with van der Waals surface area (Å²) in [7, 11) is 0. The first-order valence-electron chi connectivity index (χ1n) is 10.3. The lowest BCUT2D eigenvalue weighted by atomic mass is 10.1. The number of rotatable bonds is 21. The predicted molar refractivity (Wildman–Crippen MR) is 102 cm³/mol. The summed E-state index contributed by atoms with van der Waals surface area (Å²) in [5, 5.41) is 8.52. The molecular formula is C20H40O6. The van der Waals surface area contributed by atoms with Gasteiger partial charge in [0.05, 0.1) is 46.2 Å². The average Bonchev–Trinajstić information content (AvgIpc) is 2.64. The molecule has 0 radical (unpaired) electrons. The van der Waals surface area contributed by atoms with Crippen LogP contribution in [0.4, 0.5) is 0 Å². The molecule has 1 N–H and O–H groups in total. The van der Waals surface area contributed by atoms with E-state index in [0.717, 1.165) is 12.8 Å². The maximum atomic E-state index is 11.6. The van der Waals surface area contributed by atoms with Crippen molar-refractivity contribution in [3.05, 3.63) is 0 Å². The molecule has 0 aromatic carbocycles. The van der Waals surface area contributed by atoms with Crippen molar-refractivity contribution < 1.29 is 28.8 Å². The van der Waals surface area contributed by atoms with E-state index in [-0.39, 0.29) is 12.6 Å². The molecule has 0 aromatic heterocycles. The largest absolute Gasteiger partial charge is 0.463 e. The minimum absolute atomic E-state index is 0.0287. The van der Waals surface area contributed by atoms with Gasteiger partial charge in [-0.25, -0.2) is 0 Å². The maximum absolute atomic E-state index is 11.6. The number of ether oxygens (including phenoxy) is 4. The molecule has 0 saturated heterocycles. The van der Waals surface area contributed by atoms with E-state index in [2.05, 4.69) is 6.92 Å². The van der Waals surface area contributed by atoms with Gasteiger partial charge < -0.3 is 24.1 Å². The first-order valence-corrected chi connectivity index (χ1v) is 10.3. The predicted octanol–water partition coefficient (Wildman–Crippen LogP) is 3.49. The topological polar surface area (TPSA) is 74.2 Å². The summed E-state index contributed by atoms with van der Waals surface area (Å²) in [4.78, 5) is 11.6. The lowest BCUT2D eigenvalue weighted by Gasteiger charge is -2.07. The van der Waals surface area contributed by atoms with E-state index in [4.69, 9.17) is 24.1 Å². The van der Waals surface area contributed by atoms with Gasteiger partial charge in [-0.3, -0.25) is 4.79 Å². The van der Waals surface area contributed by atoms with E-state index in [1.54, 1.807) is 0 Å². The van der Waals surface area contributed by atoms with Crippen molar-refractivity contribution in [1.82, 2.24) is 0 Å². The zero-order valence-corrected chi connectivity index (χ0v) is 16.7. The third-order valence-corrected chi connectivity index (χ3v) is 3.95. The summed E-state index contributed by atoms with van der Waals surface area (Å²) in [6.45, 7) is 5.20. The molecule has 0 saturated carbocycles. The van der Waals surface area contributed by atoms with Gasteiger partial charge in [0, 0.05) is 6.42 Å². The summed E-state index contributed by atoms with van der Waals surface area (Å²) in [5.74, 6) is -0.131. The third-order valence-electron chi connectivity index (χ3n) is 3.95. The number of hydrogen-bond donors (Lipinski definition) is 1. The van der Waals surface area contributed by atoms with Gasteiger partial charge >= 0.3 is 5.97 Å². The minimum Gasteiger partial charge on any atom is -0.463 e. The molecule has 0 heterocycles. The summed E-state index contributed by atoms with van der Waals surface area (Å²) in [6.07, 6.45) is 11.7. The summed E-state index contributed by atoms with van der Waals surface area (Å²) >= 11 is 0. The molecule has 0 spiro atoms. The van der Waals surface area contributed by atoms with E-state index in [9.17, 15) is 4.79 Å². The van der Waals surface area contributed by atoms with Gasteiger partial charge in [0.15, 0.2) is 0 Å². The highest BCUT2D eigenvalue weighted by atomic mass is 16.6. The average molecular weight is 377 g/mol. The molecule has 0 amide bonds.